The predicted octanol–water partition coefficient (Wildman–Crippen LogP) is 1.88. The first kappa shape index (κ1) is 11.9. The third kappa shape index (κ3) is 2.10. The molecule has 18 heavy (non-hydrogen) atoms. The minimum atomic E-state index is -1.07. The maximum atomic E-state index is 12.2. The molecular weight excluding hydrogens is 234 g/mol. The van der Waals surface area contributed by atoms with Gasteiger partial charge in [-0.15, -0.1) is 0 Å². The molecule has 0 amide bonds. The van der Waals surface area contributed by atoms with Gasteiger partial charge in [0, 0.05) is 12.4 Å². The van der Waals surface area contributed by atoms with Crippen LogP contribution >= 0.6 is 0 Å². The second kappa shape index (κ2) is 4.75. The molecule has 0 aliphatic rings. The molecule has 2 rings (SSSR count). The van der Waals surface area contributed by atoms with Crippen LogP contribution in [0.4, 0.5) is 0 Å². The second-order valence-corrected chi connectivity index (χ2v) is 3.62. The Morgan fingerprint density at radius 2 is 1.94 bits per heavy atom. The number of carboxylic acid groups (broad SMARTS) is 1. The molecule has 0 saturated carbocycles. The number of rotatable bonds is 3. The number of carbonyl (C=O) groups excluding carboxylic acids is 1. The molecule has 2 aromatic rings. The summed E-state index contributed by atoms with van der Waals surface area (Å²) < 4.78 is 6.32. The van der Waals surface area contributed by atoms with E-state index in [9.17, 15) is 9.59 Å². The fraction of sp³-hybridized carbons (Fsp3) is 0.0769. The van der Waals surface area contributed by atoms with Gasteiger partial charge in [-0.05, 0) is 18.2 Å². The number of aromatic nitrogens is 1. The summed E-state index contributed by atoms with van der Waals surface area (Å²) in [6.07, 6.45) is 2.69. The molecule has 0 saturated heterocycles. The van der Waals surface area contributed by atoms with Crippen molar-refractivity contribution in [3.8, 4) is 5.75 Å². The number of para-hydroxylation sites is 1. The zero-order valence-corrected chi connectivity index (χ0v) is 9.66. The molecule has 92 valence electrons. The molecule has 0 aliphatic carbocycles. The zero-order chi connectivity index (χ0) is 13.1. The molecular formula is C13H11NO4. The number of benzene rings is 1. The van der Waals surface area contributed by atoms with E-state index in [0.29, 0.717) is 11.3 Å². The molecule has 0 radical (unpaired) electrons. The van der Waals surface area contributed by atoms with Crippen molar-refractivity contribution >= 4 is 11.9 Å². The van der Waals surface area contributed by atoms with Crippen molar-refractivity contribution in [2.45, 2.75) is 0 Å². The number of aromatic carboxylic acids is 1. The SMILES string of the molecule is COc1ccccc1C(=O)n1ccc(C(=O)O)c1. The number of ether oxygens (including phenoxy) is 1. The highest BCUT2D eigenvalue weighted by Crippen LogP contribution is 2.19. The van der Waals surface area contributed by atoms with Crippen LogP contribution in [0.3, 0.4) is 0 Å². The second-order valence-electron chi connectivity index (χ2n) is 3.62. The number of nitrogens with zero attached hydrogens (tertiary/aromatic N) is 1. The number of carboxylic acids is 1. The first-order valence-electron chi connectivity index (χ1n) is 5.22. The molecule has 5 nitrogen and oxygen atoms in total. The Kier molecular flexibility index (Phi) is 3.14. The van der Waals surface area contributed by atoms with E-state index in [4.69, 9.17) is 9.84 Å². The van der Waals surface area contributed by atoms with Gasteiger partial charge in [0.1, 0.15) is 5.75 Å². The van der Waals surface area contributed by atoms with E-state index in [0.717, 1.165) is 0 Å². The lowest BCUT2D eigenvalue weighted by Gasteiger charge is -2.07. The van der Waals surface area contributed by atoms with E-state index in [1.807, 2.05) is 0 Å². The van der Waals surface area contributed by atoms with Crippen LogP contribution in [-0.2, 0) is 0 Å². The highest BCUT2D eigenvalue weighted by atomic mass is 16.5. The molecule has 5 heteroatoms. The number of hydrogen-bond donors (Lipinski definition) is 1. The molecule has 0 atom stereocenters. The number of hydrogen-bond acceptors (Lipinski definition) is 3. The fourth-order valence-corrected chi connectivity index (χ4v) is 1.61. The Hall–Kier alpha value is -2.56. The summed E-state index contributed by atoms with van der Waals surface area (Å²) in [5.41, 5.74) is 0.450. The van der Waals surface area contributed by atoms with Gasteiger partial charge in [0.15, 0.2) is 0 Å². The highest BCUT2D eigenvalue weighted by Gasteiger charge is 2.15. The maximum absolute atomic E-state index is 12.2. The maximum Gasteiger partial charge on any atom is 0.337 e. The summed E-state index contributed by atoms with van der Waals surface area (Å²) in [7, 11) is 1.48. The van der Waals surface area contributed by atoms with Crippen molar-refractivity contribution in [2.24, 2.45) is 0 Å². The summed E-state index contributed by atoms with van der Waals surface area (Å²) in [6, 6.07) is 8.15. The van der Waals surface area contributed by atoms with Crippen molar-refractivity contribution in [3.63, 3.8) is 0 Å². The minimum absolute atomic E-state index is 0.0678. The molecule has 1 aromatic heterocycles. The van der Waals surface area contributed by atoms with Crippen LogP contribution < -0.4 is 4.74 Å². The highest BCUT2D eigenvalue weighted by molar-refractivity contribution is 5.99. The van der Waals surface area contributed by atoms with Crippen LogP contribution in [0.15, 0.2) is 42.7 Å². The Bertz CT molecular complexity index is 601. The van der Waals surface area contributed by atoms with Crippen molar-refractivity contribution in [3.05, 3.63) is 53.9 Å². The molecule has 0 bridgehead atoms. The van der Waals surface area contributed by atoms with Gasteiger partial charge in [-0.3, -0.25) is 9.36 Å². The van der Waals surface area contributed by atoms with E-state index in [1.54, 1.807) is 24.3 Å². The molecule has 0 unspecified atom stereocenters. The third-order valence-corrected chi connectivity index (χ3v) is 2.51. The van der Waals surface area contributed by atoms with E-state index in [-0.39, 0.29) is 11.5 Å². The Morgan fingerprint density at radius 1 is 1.22 bits per heavy atom. The van der Waals surface area contributed by atoms with Gasteiger partial charge in [0.25, 0.3) is 5.91 Å². The van der Waals surface area contributed by atoms with Crippen molar-refractivity contribution < 1.29 is 19.4 Å². The first-order chi connectivity index (χ1) is 8.63. The van der Waals surface area contributed by atoms with Crippen LogP contribution in [0, 0.1) is 0 Å². The topological polar surface area (TPSA) is 68.5 Å². The third-order valence-electron chi connectivity index (χ3n) is 2.51. The average molecular weight is 245 g/mol. The molecule has 0 aliphatic heterocycles. The van der Waals surface area contributed by atoms with Gasteiger partial charge in [0.2, 0.25) is 0 Å². The van der Waals surface area contributed by atoms with Gasteiger partial charge < -0.3 is 9.84 Å². The molecule has 1 heterocycles. The Morgan fingerprint density at radius 3 is 2.56 bits per heavy atom. The van der Waals surface area contributed by atoms with Crippen LogP contribution in [0.1, 0.15) is 20.7 Å². The van der Waals surface area contributed by atoms with Gasteiger partial charge in [-0.1, -0.05) is 12.1 Å². The van der Waals surface area contributed by atoms with E-state index >= 15 is 0 Å². The summed E-state index contributed by atoms with van der Waals surface area (Å²) in [5.74, 6) is -0.949. The molecule has 1 aromatic carbocycles. The van der Waals surface area contributed by atoms with Crippen LogP contribution in [0.25, 0.3) is 0 Å². The Labute approximate surface area is 103 Å². The summed E-state index contributed by atoms with van der Waals surface area (Å²) in [6.45, 7) is 0. The van der Waals surface area contributed by atoms with Crippen LogP contribution in [0.5, 0.6) is 5.75 Å². The zero-order valence-electron chi connectivity index (χ0n) is 9.66. The Balaban J connectivity index is 2.38. The lowest BCUT2D eigenvalue weighted by molar-refractivity contribution is 0.0697. The number of methoxy groups -OCH3 is 1. The standard InChI is InChI=1S/C13H11NO4/c1-18-11-5-3-2-4-10(11)12(15)14-7-6-9(8-14)13(16)17/h2-8H,1H3,(H,16,17). The smallest absolute Gasteiger partial charge is 0.337 e. The summed E-state index contributed by atoms with van der Waals surface area (Å²) >= 11 is 0. The first-order valence-corrected chi connectivity index (χ1v) is 5.22. The summed E-state index contributed by atoms with van der Waals surface area (Å²) in [5, 5.41) is 8.80. The van der Waals surface area contributed by atoms with Crippen molar-refractivity contribution in [2.75, 3.05) is 7.11 Å². The number of carbonyl (C=O) groups is 2. The van der Waals surface area contributed by atoms with Crippen LogP contribution in [0.2, 0.25) is 0 Å². The van der Waals surface area contributed by atoms with Crippen molar-refractivity contribution in [1.82, 2.24) is 4.57 Å². The van der Waals surface area contributed by atoms with E-state index < -0.39 is 5.97 Å². The quantitative estimate of drug-likeness (QED) is 0.896. The summed E-state index contributed by atoms with van der Waals surface area (Å²) in [4.78, 5) is 22.9. The average Bonchev–Trinajstić information content (AvgIpc) is 2.87. The van der Waals surface area contributed by atoms with Gasteiger partial charge in [-0.2, -0.15) is 0 Å². The molecule has 0 spiro atoms. The largest absolute Gasteiger partial charge is 0.496 e. The van der Waals surface area contributed by atoms with Gasteiger partial charge in [-0.25, -0.2) is 4.79 Å². The molecule has 0 fully saturated rings. The van der Waals surface area contributed by atoms with Crippen LogP contribution in [-0.4, -0.2) is 28.7 Å². The molecule has 1 N–H and O–H groups in total. The fourth-order valence-electron chi connectivity index (χ4n) is 1.61. The lowest BCUT2D eigenvalue weighted by atomic mass is 10.2. The van der Waals surface area contributed by atoms with Crippen molar-refractivity contribution in [1.29, 1.82) is 0 Å². The van der Waals surface area contributed by atoms with Gasteiger partial charge >= 0.3 is 5.97 Å². The predicted molar refractivity (Wildman–Crippen MR) is 64.1 cm³/mol. The monoisotopic (exact) mass is 245 g/mol. The minimum Gasteiger partial charge on any atom is -0.496 e. The van der Waals surface area contributed by atoms with E-state index in [1.165, 1.54) is 30.1 Å². The normalized spacial score (nSPS) is 10.1. The van der Waals surface area contributed by atoms with Gasteiger partial charge in [0.05, 0.1) is 18.2 Å². The lowest BCUT2D eigenvalue weighted by Crippen LogP contribution is -2.11. The van der Waals surface area contributed by atoms with E-state index in [2.05, 4.69) is 0 Å².